The first-order valence-electron chi connectivity index (χ1n) is 5.74. The van der Waals surface area contributed by atoms with Crippen LogP contribution in [0.4, 0.5) is 0 Å². The Hall–Kier alpha value is -2.29. The molecule has 0 aliphatic carbocycles. The van der Waals surface area contributed by atoms with Crippen LogP contribution in [0.3, 0.4) is 0 Å². The van der Waals surface area contributed by atoms with Crippen molar-refractivity contribution < 1.29 is 9.94 Å². The summed E-state index contributed by atoms with van der Waals surface area (Å²) < 4.78 is 5.67. The van der Waals surface area contributed by atoms with Gasteiger partial charge in [-0.3, -0.25) is 0 Å². The van der Waals surface area contributed by atoms with E-state index in [0.29, 0.717) is 6.61 Å². The second-order valence-corrected chi connectivity index (χ2v) is 4.09. The van der Waals surface area contributed by atoms with Gasteiger partial charge in [0, 0.05) is 0 Å². The van der Waals surface area contributed by atoms with Crippen LogP contribution in [0, 0.1) is 6.92 Å². The predicted molar refractivity (Wildman–Crippen MR) is 71.3 cm³/mol. The van der Waals surface area contributed by atoms with Crippen molar-refractivity contribution in [1.82, 2.24) is 0 Å². The molecule has 3 heteroatoms. The summed E-state index contributed by atoms with van der Waals surface area (Å²) in [5.74, 6) is 0.798. The Morgan fingerprint density at radius 3 is 2.61 bits per heavy atom. The third kappa shape index (κ3) is 3.35. The quantitative estimate of drug-likeness (QED) is 0.506. The van der Waals surface area contributed by atoms with Gasteiger partial charge in [0.05, 0.1) is 6.21 Å². The van der Waals surface area contributed by atoms with E-state index in [2.05, 4.69) is 24.2 Å². The molecule has 18 heavy (non-hydrogen) atoms. The molecule has 0 fully saturated rings. The summed E-state index contributed by atoms with van der Waals surface area (Å²) in [6.45, 7) is 2.61. The third-order valence-corrected chi connectivity index (χ3v) is 2.57. The van der Waals surface area contributed by atoms with Crippen LogP contribution in [0.2, 0.25) is 0 Å². The zero-order valence-electron chi connectivity index (χ0n) is 10.2. The third-order valence-electron chi connectivity index (χ3n) is 2.57. The van der Waals surface area contributed by atoms with Crippen LogP contribution in [0.5, 0.6) is 5.75 Å². The monoisotopic (exact) mass is 241 g/mol. The first-order valence-corrected chi connectivity index (χ1v) is 5.74. The molecule has 92 valence electrons. The van der Waals surface area contributed by atoms with Crippen molar-refractivity contribution in [3.63, 3.8) is 0 Å². The predicted octanol–water partition coefficient (Wildman–Crippen LogP) is 3.38. The molecule has 0 saturated carbocycles. The molecule has 0 aliphatic rings. The van der Waals surface area contributed by atoms with Crippen LogP contribution < -0.4 is 4.74 Å². The lowest BCUT2D eigenvalue weighted by Gasteiger charge is -2.07. The molecule has 0 aliphatic heterocycles. The normalized spacial score (nSPS) is 10.7. The zero-order valence-corrected chi connectivity index (χ0v) is 10.2. The van der Waals surface area contributed by atoms with Crippen molar-refractivity contribution in [2.75, 3.05) is 0 Å². The van der Waals surface area contributed by atoms with Gasteiger partial charge in [0.2, 0.25) is 0 Å². The minimum absolute atomic E-state index is 0.551. The van der Waals surface area contributed by atoms with E-state index in [0.717, 1.165) is 16.9 Å². The fourth-order valence-corrected chi connectivity index (χ4v) is 1.69. The number of aryl methyl sites for hydroxylation is 1. The topological polar surface area (TPSA) is 41.8 Å². The highest BCUT2D eigenvalue weighted by Gasteiger charge is 1.96. The Kier molecular flexibility index (Phi) is 3.97. The Balaban J connectivity index is 1.98. The van der Waals surface area contributed by atoms with Gasteiger partial charge in [-0.05, 0) is 42.3 Å². The van der Waals surface area contributed by atoms with E-state index in [1.54, 1.807) is 0 Å². The molecular weight excluding hydrogens is 226 g/mol. The molecule has 0 unspecified atom stereocenters. The van der Waals surface area contributed by atoms with Crippen LogP contribution in [0.15, 0.2) is 53.7 Å². The summed E-state index contributed by atoms with van der Waals surface area (Å²) >= 11 is 0. The summed E-state index contributed by atoms with van der Waals surface area (Å²) in [6, 6.07) is 15.6. The van der Waals surface area contributed by atoms with Gasteiger partial charge in [0.1, 0.15) is 12.4 Å². The van der Waals surface area contributed by atoms with Crippen LogP contribution in [-0.2, 0) is 6.61 Å². The van der Waals surface area contributed by atoms with Gasteiger partial charge in [0.25, 0.3) is 0 Å². The van der Waals surface area contributed by atoms with E-state index in [4.69, 9.17) is 9.94 Å². The average molecular weight is 241 g/mol. The Bertz CT molecular complexity index is 532. The molecule has 2 aromatic carbocycles. The second-order valence-electron chi connectivity index (χ2n) is 4.09. The number of benzene rings is 2. The van der Waals surface area contributed by atoms with Gasteiger partial charge in [-0.1, -0.05) is 35.0 Å². The standard InChI is InChI=1S/C15H15NO2/c1-12-3-2-4-14(9-12)11-18-15-7-5-13(6-8-15)10-16-17/h2-10,17H,11H2,1H3/b16-10+. The number of nitrogens with zero attached hydrogens (tertiary/aromatic N) is 1. The maximum atomic E-state index is 8.41. The van der Waals surface area contributed by atoms with Crippen LogP contribution in [-0.4, -0.2) is 11.4 Å². The minimum Gasteiger partial charge on any atom is -0.489 e. The molecule has 0 heterocycles. The summed E-state index contributed by atoms with van der Waals surface area (Å²) in [5.41, 5.74) is 3.21. The SMILES string of the molecule is Cc1cccc(COc2ccc(/C=N/O)cc2)c1. The van der Waals surface area contributed by atoms with E-state index >= 15 is 0 Å². The zero-order chi connectivity index (χ0) is 12.8. The fourth-order valence-electron chi connectivity index (χ4n) is 1.69. The summed E-state index contributed by atoms with van der Waals surface area (Å²) in [5, 5.41) is 11.4. The second kappa shape index (κ2) is 5.87. The van der Waals surface area contributed by atoms with Crippen LogP contribution in [0.1, 0.15) is 16.7 Å². The summed E-state index contributed by atoms with van der Waals surface area (Å²) in [6.07, 6.45) is 1.38. The van der Waals surface area contributed by atoms with E-state index in [1.165, 1.54) is 11.8 Å². The highest BCUT2D eigenvalue weighted by atomic mass is 16.5. The molecule has 0 amide bonds. The van der Waals surface area contributed by atoms with Crippen molar-refractivity contribution in [1.29, 1.82) is 0 Å². The molecule has 0 saturated heterocycles. The van der Waals surface area contributed by atoms with Crippen molar-refractivity contribution in [3.8, 4) is 5.75 Å². The van der Waals surface area contributed by atoms with Crippen molar-refractivity contribution in [3.05, 3.63) is 65.2 Å². The van der Waals surface area contributed by atoms with Gasteiger partial charge in [-0.15, -0.1) is 0 Å². The molecule has 0 radical (unpaired) electrons. The molecule has 0 spiro atoms. The average Bonchev–Trinajstić information content (AvgIpc) is 2.38. The van der Waals surface area contributed by atoms with Crippen LogP contribution >= 0.6 is 0 Å². The summed E-state index contributed by atoms with van der Waals surface area (Å²) in [7, 11) is 0. The van der Waals surface area contributed by atoms with Crippen molar-refractivity contribution in [2.45, 2.75) is 13.5 Å². The number of ether oxygens (including phenoxy) is 1. The highest BCUT2D eigenvalue weighted by Crippen LogP contribution is 2.14. The number of rotatable bonds is 4. The van der Waals surface area contributed by atoms with Gasteiger partial charge < -0.3 is 9.94 Å². The number of oxime groups is 1. The maximum absolute atomic E-state index is 8.41. The van der Waals surface area contributed by atoms with Gasteiger partial charge in [0.15, 0.2) is 0 Å². The van der Waals surface area contributed by atoms with Gasteiger partial charge >= 0.3 is 0 Å². The molecule has 2 rings (SSSR count). The smallest absolute Gasteiger partial charge is 0.119 e. The molecule has 0 bridgehead atoms. The molecule has 2 aromatic rings. The Morgan fingerprint density at radius 2 is 1.94 bits per heavy atom. The van der Waals surface area contributed by atoms with E-state index in [1.807, 2.05) is 36.4 Å². The maximum Gasteiger partial charge on any atom is 0.119 e. The van der Waals surface area contributed by atoms with Crippen molar-refractivity contribution in [2.24, 2.45) is 5.16 Å². The fraction of sp³-hybridized carbons (Fsp3) is 0.133. The molecular formula is C15H15NO2. The Morgan fingerprint density at radius 1 is 1.17 bits per heavy atom. The highest BCUT2D eigenvalue weighted by molar-refractivity contribution is 5.79. The molecule has 1 N–H and O–H groups in total. The first-order chi connectivity index (χ1) is 8.78. The molecule has 0 atom stereocenters. The largest absolute Gasteiger partial charge is 0.489 e. The van der Waals surface area contributed by atoms with Gasteiger partial charge in [-0.25, -0.2) is 0 Å². The number of hydrogen-bond acceptors (Lipinski definition) is 3. The lowest BCUT2D eigenvalue weighted by molar-refractivity contribution is 0.306. The van der Waals surface area contributed by atoms with Gasteiger partial charge in [-0.2, -0.15) is 0 Å². The molecule has 0 aromatic heterocycles. The Labute approximate surface area is 106 Å². The molecule has 3 nitrogen and oxygen atoms in total. The van der Waals surface area contributed by atoms with Crippen molar-refractivity contribution >= 4 is 6.21 Å². The van der Waals surface area contributed by atoms with E-state index in [9.17, 15) is 0 Å². The lowest BCUT2D eigenvalue weighted by Crippen LogP contribution is -1.95. The van der Waals surface area contributed by atoms with E-state index in [-0.39, 0.29) is 0 Å². The lowest BCUT2D eigenvalue weighted by atomic mass is 10.1. The summed E-state index contributed by atoms with van der Waals surface area (Å²) in [4.78, 5) is 0. The van der Waals surface area contributed by atoms with E-state index < -0.39 is 0 Å². The van der Waals surface area contributed by atoms with Crippen LogP contribution in [0.25, 0.3) is 0 Å². The number of hydrogen-bond donors (Lipinski definition) is 1. The first kappa shape index (κ1) is 12.2. The minimum atomic E-state index is 0.551.